The summed E-state index contributed by atoms with van der Waals surface area (Å²) in [7, 11) is -2.90. The highest BCUT2D eigenvalue weighted by Crippen LogP contribution is 2.33. The number of nitrogens with zero attached hydrogens (tertiary/aromatic N) is 3. The lowest BCUT2D eigenvalue weighted by molar-refractivity contribution is 1.07. The van der Waals surface area contributed by atoms with Crippen molar-refractivity contribution in [1.29, 1.82) is 0 Å². The molecule has 0 aliphatic carbocycles. The van der Waals surface area contributed by atoms with Crippen molar-refractivity contribution in [3.05, 3.63) is 176 Å². The first-order valence-electron chi connectivity index (χ1n) is 19.4. The molecule has 0 aliphatic heterocycles. The van der Waals surface area contributed by atoms with Crippen molar-refractivity contribution in [3.63, 3.8) is 0 Å². The van der Waals surface area contributed by atoms with Crippen LogP contribution in [0.1, 0.15) is 0 Å². The van der Waals surface area contributed by atoms with E-state index in [4.69, 9.17) is 15.0 Å². The maximum Gasteiger partial charge on any atom is 0.164 e. The Morgan fingerprint density at radius 2 is 0.518 bits per heavy atom. The Hall–Kier alpha value is -6.02. The molecule has 274 valence electrons. The van der Waals surface area contributed by atoms with Crippen molar-refractivity contribution in [3.8, 4) is 78.7 Å². The number of hydrogen-bond acceptors (Lipinski definition) is 3. The maximum absolute atomic E-state index is 5.11. The zero-order valence-corrected chi connectivity index (χ0v) is 35.1. The summed E-state index contributed by atoms with van der Waals surface area (Å²) in [4.78, 5) is 15.3. The van der Waals surface area contributed by atoms with Crippen molar-refractivity contribution < 1.29 is 0 Å². The topological polar surface area (TPSA) is 38.7 Å². The zero-order valence-electron chi connectivity index (χ0n) is 33.1. The van der Waals surface area contributed by atoms with Gasteiger partial charge in [-0.2, -0.15) is 0 Å². The molecule has 8 aromatic rings. The predicted molar refractivity (Wildman–Crippen MR) is 244 cm³/mol. The monoisotopic (exact) mass is 757 g/mol. The van der Waals surface area contributed by atoms with Gasteiger partial charge in [0.2, 0.25) is 0 Å². The second-order valence-electron chi connectivity index (χ2n) is 16.7. The van der Waals surface area contributed by atoms with Crippen LogP contribution >= 0.6 is 0 Å². The SMILES string of the molecule is C[Si](C)(C)c1ccc(-c2nc(-c3ccc([Si](C)(C)C)cc3)nc(-c3cccc(-c4cccc(-c5cccc(-c6cccc(-c7ccccc7)c6)c5)c4)c3)n2)cc1. The first kappa shape index (κ1) is 36.9. The Morgan fingerprint density at radius 3 is 0.857 bits per heavy atom. The summed E-state index contributed by atoms with van der Waals surface area (Å²) in [6.07, 6.45) is 0. The van der Waals surface area contributed by atoms with Gasteiger partial charge >= 0.3 is 0 Å². The van der Waals surface area contributed by atoms with Crippen molar-refractivity contribution in [2.45, 2.75) is 39.3 Å². The Kier molecular flexibility index (Phi) is 10.1. The van der Waals surface area contributed by atoms with Gasteiger partial charge in [-0.1, -0.05) is 201 Å². The number of benzene rings is 7. The Balaban J connectivity index is 1.15. The second kappa shape index (κ2) is 15.3. The number of hydrogen-bond donors (Lipinski definition) is 0. The third-order valence-electron chi connectivity index (χ3n) is 10.5. The van der Waals surface area contributed by atoms with Gasteiger partial charge in [-0.05, 0) is 68.8 Å². The van der Waals surface area contributed by atoms with Crippen molar-refractivity contribution in [2.75, 3.05) is 0 Å². The fraction of sp³-hybridized carbons (Fsp3) is 0.118. The smallest absolute Gasteiger partial charge is 0.164 e. The lowest BCUT2D eigenvalue weighted by atomic mass is 9.94. The van der Waals surface area contributed by atoms with Gasteiger partial charge in [0.05, 0.1) is 16.1 Å². The van der Waals surface area contributed by atoms with Gasteiger partial charge < -0.3 is 0 Å². The Morgan fingerprint density at radius 1 is 0.250 bits per heavy atom. The molecule has 1 aromatic heterocycles. The Bertz CT molecular complexity index is 2560. The largest absolute Gasteiger partial charge is 0.208 e. The molecular weight excluding hydrogens is 711 g/mol. The molecule has 0 saturated carbocycles. The van der Waals surface area contributed by atoms with Crippen LogP contribution in [0.15, 0.2) is 176 Å². The summed E-state index contributed by atoms with van der Waals surface area (Å²) in [5.41, 5.74) is 12.4. The van der Waals surface area contributed by atoms with Gasteiger partial charge in [-0.15, -0.1) is 0 Å². The molecule has 8 rings (SSSR count). The molecule has 0 fully saturated rings. The van der Waals surface area contributed by atoms with E-state index in [1.807, 2.05) is 0 Å². The van der Waals surface area contributed by atoms with Crippen LogP contribution in [-0.2, 0) is 0 Å². The molecule has 5 heteroatoms. The second-order valence-corrected chi connectivity index (χ2v) is 26.8. The first-order chi connectivity index (χ1) is 27.0. The van der Waals surface area contributed by atoms with Gasteiger partial charge in [-0.25, -0.2) is 15.0 Å². The van der Waals surface area contributed by atoms with Crippen LogP contribution in [0.3, 0.4) is 0 Å². The highest BCUT2D eigenvalue weighted by atomic mass is 28.3. The lowest BCUT2D eigenvalue weighted by Gasteiger charge is -2.17. The minimum atomic E-state index is -1.45. The maximum atomic E-state index is 5.11. The quantitative estimate of drug-likeness (QED) is 0.138. The van der Waals surface area contributed by atoms with Crippen LogP contribution < -0.4 is 10.4 Å². The van der Waals surface area contributed by atoms with Crippen LogP contribution in [0.4, 0.5) is 0 Å². The van der Waals surface area contributed by atoms with E-state index in [1.54, 1.807) is 0 Å². The third-order valence-corrected chi connectivity index (χ3v) is 14.6. The van der Waals surface area contributed by atoms with Gasteiger partial charge in [0.15, 0.2) is 17.5 Å². The van der Waals surface area contributed by atoms with Crippen LogP contribution in [0.25, 0.3) is 78.7 Å². The van der Waals surface area contributed by atoms with E-state index in [2.05, 4.69) is 215 Å². The van der Waals surface area contributed by atoms with Crippen molar-refractivity contribution in [2.24, 2.45) is 0 Å². The van der Waals surface area contributed by atoms with E-state index in [1.165, 1.54) is 43.8 Å². The van der Waals surface area contributed by atoms with Gasteiger partial charge in [0.25, 0.3) is 0 Å². The van der Waals surface area contributed by atoms with E-state index in [0.29, 0.717) is 17.5 Å². The summed E-state index contributed by atoms with van der Waals surface area (Å²) in [5.74, 6) is 2.03. The minimum absolute atomic E-state index is 0.664. The normalized spacial score (nSPS) is 11.8. The Labute approximate surface area is 333 Å². The summed E-state index contributed by atoms with van der Waals surface area (Å²) >= 11 is 0. The molecule has 7 aromatic carbocycles. The molecule has 0 aliphatic rings. The molecule has 1 heterocycles. The average Bonchev–Trinajstić information content (AvgIpc) is 3.23. The van der Waals surface area contributed by atoms with Crippen molar-refractivity contribution >= 4 is 26.5 Å². The standard InChI is InChI=1S/C51H47N3Si2/c1-55(2,3)47-28-24-37(25-29-47)49-52-50(38-26-30-48(31-27-38)56(4,5)6)54-51(53-49)46-23-13-22-45(35-46)44-21-12-20-43(34-44)42-19-11-18-41(33-42)40-17-10-16-39(32-40)36-14-8-7-9-15-36/h7-35H,1-6H3. The summed E-state index contributed by atoms with van der Waals surface area (Å²) in [6.45, 7) is 14.2. The number of rotatable bonds is 9. The summed E-state index contributed by atoms with van der Waals surface area (Å²) in [5, 5.41) is 2.83. The molecule has 0 atom stereocenters. The fourth-order valence-corrected chi connectivity index (χ4v) is 9.44. The third kappa shape index (κ3) is 8.15. The van der Waals surface area contributed by atoms with Crippen LogP contribution in [0.5, 0.6) is 0 Å². The molecule has 56 heavy (non-hydrogen) atoms. The molecule has 0 spiro atoms. The van der Waals surface area contributed by atoms with E-state index < -0.39 is 16.1 Å². The molecular formula is C51H47N3Si2. The molecule has 3 nitrogen and oxygen atoms in total. The molecule has 0 bridgehead atoms. The van der Waals surface area contributed by atoms with Crippen molar-refractivity contribution in [1.82, 2.24) is 15.0 Å². The van der Waals surface area contributed by atoms with Crippen LogP contribution in [0, 0.1) is 0 Å². The highest BCUT2D eigenvalue weighted by molar-refractivity contribution is 6.89. The molecule has 0 unspecified atom stereocenters. The summed E-state index contributed by atoms with van der Waals surface area (Å²) in [6, 6.07) is 63.2. The molecule has 0 saturated heterocycles. The average molecular weight is 758 g/mol. The van der Waals surface area contributed by atoms with E-state index >= 15 is 0 Å². The first-order valence-corrected chi connectivity index (χ1v) is 26.4. The predicted octanol–water partition coefficient (Wildman–Crippen LogP) is 12.6. The van der Waals surface area contributed by atoms with E-state index in [-0.39, 0.29) is 0 Å². The molecule has 0 amide bonds. The molecule has 0 N–H and O–H groups in total. The zero-order chi connectivity index (χ0) is 38.9. The number of aromatic nitrogens is 3. The van der Waals surface area contributed by atoms with Crippen LogP contribution in [0.2, 0.25) is 39.3 Å². The highest BCUT2D eigenvalue weighted by Gasteiger charge is 2.19. The van der Waals surface area contributed by atoms with Gasteiger partial charge in [0.1, 0.15) is 0 Å². The van der Waals surface area contributed by atoms with Gasteiger partial charge in [-0.3, -0.25) is 0 Å². The minimum Gasteiger partial charge on any atom is -0.208 e. The van der Waals surface area contributed by atoms with Crippen LogP contribution in [-0.4, -0.2) is 31.1 Å². The van der Waals surface area contributed by atoms with Gasteiger partial charge in [0, 0.05) is 16.7 Å². The van der Waals surface area contributed by atoms with E-state index in [0.717, 1.165) is 27.8 Å². The molecule has 0 radical (unpaired) electrons. The summed E-state index contributed by atoms with van der Waals surface area (Å²) < 4.78 is 0. The fourth-order valence-electron chi connectivity index (χ4n) is 7.11. The lowest BCUT2D eigenvalue weighted by Crippen LogP contribution is -2.37. The van der Waals surface area contributed by atoms with E-state index in [9.17, 15) is 0 Å².